The van der Waals surface area contributed by atoms with Crippen molar-refractivity contribution in [1.29, 1.82) is 5.26 Å². The molecule has 0 spiro atoms. The third kappa shape index (κ3) is 3.14. The minimum absolute atomic E-state index is 0.110. The van der Waals surface area contributed by atoms with Gasteiger partial charge in [0.1, 0.15) is 17.7 Å². The molecule has 9 heteroatoms. The maximum atomic E-state index is 13.9. The van der Waals surface area contributed by atoms with Crippen molar-refractivity contribution in [3.05, 3.63) is 59.0 Å². The Balaban J connectivity index is 1.23. The summed E-state index contributed by atoms with van der Waals surface area (Å²) in [6.45, 7) is 0.222. The predicted molar refractivity (Wildman–Crippen MR) is 102 cm³/mol. The molecule has 158 valence electrons. The number of benzene rings is 1. The van der Waals surface area contributed by atoms with Crippen LogP contribution in [0.1, 0.15) is 42.9 Å². The molecule has 1 aromatic carbocycles. The number of carbonyl (C=O) groups excluding carboxylic acids is 1. The molecule has 31 heavy (non-hydrogen) atoms. The summed E-state index contributed by atoms with van der Waals surface area (Å²) < 4.78 is 46.7. The Morgan fingerprint density at radius 3 is 2.55 bits per heavy atom. The minimum Gasteiger partial charge on any atom is -0.475 e. The van der Waals surface area contributed by atoms with E-state index in [1.807, 2.05) is 6.07 Å². The van der Waals surface area contributed by atoms with E-state index in [0.717, 1.165) is 12.1 Å². The highest BCUT2D eigenvalue weighted by Gasteiger charge is 2.73. The molecule has 0 N–H and O–H groups in total. The standard InChI is InChI=1S/C22H17F3N4O2/c23-15-4-14(5-16(24)6-15)18-1-2-28-29(18)20(30)22-9-21(10-22,11-22)12-31-19-17(25)3-13(7-26)8-27-19/h2-6,8,18H,1,9-12H2. The lowest BCUT2D eigenvalue weighted by Gasteiger charge is -2.69. The smallest absolute Gasteiger partial charge is 0.250 e. The number of hydrogen-bond acceptors (Lipinski definition) is 5. The lowest BCUT2D eigenvalue weighted by atomic mass is 9.35. The van der Waals surface area contributed by atoms with Gasteiger partial charge in [0.15, 0.2) is 5.82 Å². The highest BCUT2D eigenvalue weighted by molar-refractivity contribution is 5.88. The van der Waals surface area contributed by atoms with Gasteiger partial charge in [0, 0.05) is 30.3 Å². The number of hydrazone groups is 1. The largest absolute Gasteiger partial charge is 0.475 e. The van der Waals surface area contributed by atoms with E-state index >= 15 is 0 Å². The van der Waals surface area contributed by atoms with Gasteiger partial charge in [-0.3, -0.25) is 4.79 Å². The molecular weight excluding hydrogens is 409 g/mol. The van der Waals surface area contributed by atoms with Crippen molar-refractivity contribution in [2.24, 2.45) is 15.9 Å². The highest BCUT2D eigenvalue weighted by Crippen LogP contribution is 2.74. The van der Waals surface area contributed by atoms with E-state index in [0.29, 0.717) is 31.2 Å². The van der Waals surface area contributed by atoms with Crippen molar-refractivity contribution in [3.63, 3.8) is 0 Å². The third-order valence-electron chi connectivity index (χ3n) is 6.35. The summed E-state index contributed by atoms with van der Waals surface area (Å²) in [5.74, 6) is -2.42. The number of rotatable bonds is 5. The fourth-order valence-electron chi connectivity index (χ4n) is 5.09. The van der Waals surface area contributed by atoms with Gasteiger partial charge in [-0.1, -0.05) is 0 Å². The number of ether oxygens (including phenoxy) is 1. The Morgan fingerprint density at radius 1 is 1.19 bits per heavy atom. The first-order valence-electron chi connectivity index (χ1n) is 9.84. The van der Waals surface area contributed by atoms with Crippen LogP contribution in [0.3, 0.4) is 0 Å². The highest BCUT2D eigenvalue weighted by atomic mass is 19.1. The van der Waals surface area contributed by atoms with Crippen molar-refractivity contribution in [2.75, 3.05) is 6.61 Å². The lowest BCUT2D eigenvalue weighted by molar-refractivity contribution is -0.227. The molecule has 1 unspecified atom stereocenters. The van der Waals surface area contributed by atoms with Crippen LogP contribution < -0.4 is 4.74 Å². The summed E-state index contributed by atoms with van der Waals surface area (Å²) in [6.07, 6.45) is 4.94. The molecule has 6 nitrogen and oxygen atoms in total. The van der Waals surface area contributed by atoms with E-state index in [1.54, 1.807) is 6.21 Å². The Labute approximate surface area is 175 Å². The Kier molecular flexibility index (Phi) is 4.29. The third-order valence-corrected chi connectivity index (χ3v) is 6.35. The van der Waals surface area contributed by atoms with Gasteiger partial charge in [0.25, 0.3) is 0 Å². The number of hydrogen-bond donors (Lipinski definition) is 0. The summed E-state index contributed by atoms with van der Waals surface area (Å²) in [4.78, 5) is 17.0. The average Bonchev–Trinajstić information content (AvgIpc) is 3.15. The van der Waals surface area contributed by atoms with E-state index in [2.05, 4.69) is 10.1 Å². The average molecular weight is 426 g/mol. The van der Waals surface area contributed by atoms with Crippen LogP contribution in [0.15, 0.2) is 35.6 Å². The Hall–Kier alpha value is -3.41. The zero-order valence-corrected chi connectivity index (χ0v) is 16.3. The monoisotopic (exact) mass is 426 g/mol. The van der Waals surface area contributed by atoms with Gasteiger partial charge >= 0.3 is 0 Å². The van der Waals surface area contributed by atoms with Crippen molar-refractivity contribution in [3.8, 4) is 11.9 Å². The number of amides is 1. The normalized spacial score (nSPS) is 27.9. The number of nitrogens with zero attached hydrogens (tertiary/aromatic N) is 4. The maximum absolute atomic E-state index is 13.9. The van der Waals surface area contributed by atoms with Crippen LogP contribution in [0.4, 0.5) is 13.2 Å². The van der Waals surface area contributed by atoms with E-state index in [4.69, 9.17) is 10.00 Å². The van der Waals surface area contributed by atoms with Crippen LogP contribution in [0.2, 0.25) is 0 Å². The van der Waals surface area contributed by atoms with Crippen molar-refractivity contribution >= 4 is 12.1 Å². The summed E-state index contributed by atoms with van der Waals surface area (Å²) in [5, 5.41) is 14.3. The summed E-state index contributed by atoms with van der Waals surface area (Å²) in [6, 6.07) is 5.58. The molecule has 1 atom stereocenters. The van der Waals surface area contributed by atoms with E-state index < -0.39 is 28.9 Å². The van der Waals surface area contributed by atoms with Gasteiger partial charge in [-0.05, 0) is 43.0 Å². The number of aromatic nitrogens is 1. The number of halogens is 3. The topological polar surface area (TPSA) is 78.6 Å². The second kappa shape index (κ2) is 6.80. The van der Waals surface area contributed by atoms with Crippen LogP contribution in [0.25, 0.3) is 0 Å². The van der Waals surface area contributed by atoms with Gasteiger partial charge in [0.05, 0.1) is 23.6 Å². The molecule has 6 rings (SSSR count). The molecule has 1 amide bonds. The maximum Gasteiger partial charge on any atom is 0.250 e. The van der Waals surface area contributed by atoms with Crippen LogP contribution in [0, 0.1) is 39.6 Å². The Morgan fingerprint density at radius 2 is 1.90 bits per heavy atom. The van der Waals surface area contributed by atoms with Crippen LogP contribution in [-0.2, 0) is 4.79 Å². The molecule has 3 fully saturated rings. The molecule has 0 saturated heterocycles. The molecule has 0 radical (unpaired) electrons. The summed E-state index contributed by atoms with van der Waals surface area (Å²) in [7, 11) is 0. The number of carbonyl (C=O) groups is 1. The Bertz CT molecular complexity index is 1120. The van der Waals surface area contributed by atoms with E-state index in [9.17, 15) is 18.0 Å². The van der Waals surface area contributed by atoms with Crippen LogP contribution in [-0.4, -0.2) is 28.7 Å². The first kappa shape index (κ1) is 19.5. The molecule has 2 aromatic rings. The van der Waals surface area contributed by atoms with Gasteiger partial charge < -0.3 is 4.74 Å². The molecule has 2 heterocycles. The van der Waals surface area contributed by atoms with E-state index in [1.165, 1.54) is 23.3 Å². The molecule has 4 aliphatic rings. The fourth-order valence-corrected chi connectivity index (χ4v) is 5.09. The number of nitriles is 1. The molecule has 3 saturated carbocycles. The first-order valence-corrected chi connectivity index (χ1v) is 9.84. The van der Waals surface area contributed by atoms with Crippen molar-refractivity contribution < 1.29 is 22.7 Å². The van der Waals surface area contributed by atoms with Crippen LogP contribution in [0.5, 0.6) is 5.88 Å². The van der Waals surface area contributed by atoms with Gasteiger partial charge in [-0.25, -0.2) is 23.2 Å². The predicted octanol–water partition coefficient (Wildman–Crippen LogP) is 3.88. The summed E-state index contributed by atoms with van der Waals surface area (Å²) >= 11 is 0. The molecule has 3 aliphatic carbocycles. The minimum atomic E-state index is -0.701. The van der Waals surface area contributed by atoms with Gasteiger partial charge in [-0.2, -0.15) is 10.4 Å². The fraction of sp³-hybridized carbons (Fsp3) is 0.364. The first-order chi connectivity index (χ1) is 14.8. The second-order valence-electron chi connectivity index (χ2n) is 8.62. The quantitative estimate of drug-likeness (QED) is 0.727. The zero-order valence-electron chi connectivity index (χ0n) is 16.3. The van der Waals surface area contributed by atoms with Gasteiger partial charge in [0.2, 0.25) is 11.8 Å². The molecular formula is C22H17F3N4O2. The van der Waals surface area contributed by atoms with E-state index in [-0.39, 0.29) is 29.4 Å². The zero-order chi connectivity index (χ0) is 21.8. The molecule has 1 aromatic heterocycles. The lowest BCUT2D eigenvalue weighted by Crippen LogP contribution is -2.69. The SMILES string of the molecule is N#Cc1cnc(OCC23CC(C(=O)N4N=CCC4c4cc(F)cc(F)c4)(C2)C3)c(F)c1. The summed E-state index contributed by atoms with van der Waals surface area (Å²) in [5.41, 5.74) is -0.304. The number of pyridine rings is 1. The van der Waals surface area contributed by atoms with Crippen molar-refractivity contribution in [2.45, 2.75) is 31.7 Å². The molecule has 1 aliphatic heterocycles. The molecule has 2 bridgehead atoms. The second-order valence-corrected chi connectivity index (χ2v) is 8.62. The van der Waals surface area contributed by atoms with Crippen LogP contribution >= 0.6 is 0 Å². The van der Waals surface area contributed by atoms with Gasteiger partial charge in [-0.15, -0.1) is 0 Å². The van der Waals surface area contributed by atoms with Crippen molar-refractivity contribution in [1.82, 2.24) is 9.99 Å².